The van der Waals surface area contributed by atoms with Crippen molar-refractivity contribution in [3.05, 3.63) is 35.9 Å². The molecule has 0 aliphatic rings. The van der Waals surface area contributed by atoms with E-state index in [9.17, 15) is 4.79 Å². The molecule has 2 N–H and O–H groups in total. The lowest BCUT2D eigenvalue weighted by Gasteiger charge is -2.22. The van der Waals surface area contributed by atoms with E-state index in [1.807, 2.05) is 45.0 Å². The van der Waals surface area contributed by atoms with Gasteiger partial charge in [0.25, 0.3) is 0 Å². The molecule has 0 atom stereocenters. The van der Waals surface area contributed by atoms with Gasteiger partial charge in [-0.25, -0.2) is 0 Å². The molecule has 0 spiro atoms. The number of hydrogen-bond donors (Lipinski definition) is 2. The van der Waals surface area contributed by atoms with Crippen molar-refractivity contribution in [1.82, 2.24) is 10.6 Å². The number of carbonyl (C=O) groups excluding carboxylic acids is 1. The molecular weight excluding hydrogens is 272 g/mol. The van der Waals surface area contributed by atoms with Crippen molar-refractivity contribution in [2.24, 2.45) is 0 Å². The molecule has 1 rings (SSSR count). The molecule has 5 heteroatoms. The highest BCUT2D eigenvalue weighted by Crippen LogP contribution is 2.12. The van der Waals surface area contributed by atoms with E-state index in [1.165, 1.54) is 6.08 Å². The standard InChI is InChI=1S/C15H20N2O2S/c1-15(2,3)17-14(20)16-13(18)10-7-11-5-8-12(19-4)9-6-11/h5-10H,1-4H3,(H2,16,17,18,20)/b10-7+. The summed E-state index contributed by atoms with van der Waals surface area (Å²) in [5.41, 5.74) is 0.736. The SMILES string of the molecule is COc1ccc(/C=C/C(=O)NC(=S)NC(C)(C)C)cc1. The zero-order valence-corrected chi connectivity index (χ0v) is 13.0. The summed E-state index contributed by atoms with van der Waals surface area (Å²) in [6, 6.07) is 7.41. The molecule has 0 aliphatic heterocycles. The molecule has 1 aromatic rings. The number of methoxy groups -OCH3 is 1. The van der Waals surface area contributed by atoms with Crippen molar-refractivity contribution in [2.75, 3.05) is 7.11 Å². The number of rotatable bonds is 3. The van der Waals surface area contributed by atoms with Crippen LogP contribution < -0.4 is 15.4 Å². The predicted molar refractivity (Wildman–Crippen MR) is 85.7 cm³/mol. The fourth-order valence-electron chi connectivity index (χ4n) is 1.41. The molecule has 20 heavy (non-hydrogen) atoms. The maximum Gasteiger partial charge on any atom is 0.250 e. The summed E-state index contributed by atoms with van der Waals surface area (Å²) in [5, 5.41) is 5.93. The molecule has 0 saturated heterocycles. The Morgan fingerprint density at radius 2 is 1.85 bits per heavy atom. The third-order valence-corrected chi connectivity index (χ3v) is 2.47. The zero-order valence-electron chi connectivity index (χ0n) is 12.2. The molecule has 0 aliphatic carbocycles. The highest BCUT2D eigenvalue weighted by molar-refractivity contribution is 7.80. The number of thiocarbonyl (C=S) groups is 1. The van der Waals surface area contributed by atoms with Gasteiger partial charge in [0, 0.05) is 11.6 Å². The quantitative estimate of drug-likeness (QED) is 0.664. The molecule has 1 aromatic carbocycles. The van der Waals surface area contributed by atoms with E-state index in [2.05, 4.69) is 10.6 Å². The number of amides is 1. The summed E-state index contributed by atoms with van der Waals surface area (Å²) in [5.74, 6) is 0.518. The molecule has 1 amide bonds. The summed E-state index contributed by atoms with van der Waals surface area (Å²) in [6.07, 6.45) is 3.16. The van der Waals surface area contributed by atoms with Gasteiger partial charge >= 0.3 is 0 Å². The van der Waals surface area contributed by atoms with Gasteiger partial charge in [0.05, 0.1) is 7.11 Å². The van der Waals surface area contributed by atoms with Crippen LogP contribution in [0.1, 0.15) is 26.3 Å². The monoisotopic (exact) mass is 292 g/mol. The number of hydrogen-bond acceptors (Lipinski definition) is 3. The molecular formula is C15H20N2O2S. The number of ether oxygens (including phenoxy) is 1. The number of carbonyl (C=O) groups is 1. The van der Waals surface area contributed by atoms with E-state index >= 15 is 0 Å². The van der Waals surface area contributed by atoms with Crippen LogP contribution in [0.5, 0.6) is 5.75 Å². The predicted octanol–water partition coefficient (Wildman–Crippen LogP) is 2.50. The molecule has 4 nitrogen and oxygen atoms in total. The van der Waals surface area contributed by atoms with Crippen molar-refractivity contribution in [1.29, 1.82) is 0 Å². The van der Waals surface area contributed by atoms with Crippen molar-refractivity contribution in [3.63, 3.8) is 0 Å². The maximum atomic E-state index is 11.7. The van der Waals surface area contributed by atoms with Gasteiger partial charge in [-0.2, -0.15) is 0 Å². The lowest BCUT2D eigenvalue weighted by atomic mass is 10.1. The molecule has 0 radical (unpaired) electrons. The van der Waals surface area contributed by atoms with E-state index in [4.69, 9.17) is 17.0 Å². The summed E-state index contributed by atoms with van der Waals surface area (Å²) in [4.78, 5) is 11.7. The minimum atomic E-state index is -0.262. The highest BCUT2D eigenvalue weighted by Gasteiger charge is 2.11. The van der Waals surface area contributed by atoms with Crippen molar-refractivity contribution >= 4 is 29.3 Å². The summed E-state index contributed by atoms with van der Waals surface area (Å²) >= 11 is 5.05. The molecule has 0 unspecified atom stereocenters. The van der Waals surface area contributed by atoms with Gasteiger partial charge in [-0.3, -0.25) is 10.1 Å². The Balaban J connectivity index is 2.52. The van der Waals surface area contributed by atoms with E-state index < -0.39 is 0 Å². The Morgan fingerprint density at radius 1 is 1.25 bits per heavy atom. The number of benzene rings is 1. The molecule has 0 bridgehead atoms. The summed E-state index contributed by atoms with van der Waals surface area (Å²) in [6.45, 7) is 5.91. The Bertz CT molecular complexity index is 502. The van der Waals surface area contributed by atoms with Gasteiger partial charge in [0.1, 0.15) is 5.75 Å². The minimum absolute atomic E-state index is 0.177. The lowest BCUT2D eigenvalue weighted by Crippen LogP contribution is -2.47. The second-order valence-corrected chi connectivity index (χ2v) is 5.71. The molecule has 0 heterocycles. The summed E-state index contributed by atoms with van der Waals surface area (Å²) < 4.78 is 5.07. The van der Waals surface area contributed by atoms with Crippen molar-refractivity contribution < 1.29 is 9.53 Å². The largest absolute Gasteiger partial charge is 0.497 e. The van der Waals surface area contributed by atoms with Crippen LogP contribution in [0.2, 0.25) is 0 Å². The second-order valence-electron chi connectivity index (χ2n) is 5.30. The topological polar surface area (TPSA) is 50.4 Å². The molecule has 108 valence electrons. The van der Waals surface area contributed by atoms with Gasteiger partial charge in [0.15, 0.2) is 5.11 Å². The van der Waals surface area contributed by atoms with Crippen molar-refractivity contribution in [2.45, 2.75) is 26.3 Å². The van der Waals surface area contributed by atoms with E-state index in [0.717, 1.165) is 11.3 Å². The first-order chi connectivity index (χ1) is 9.30. The first-order valence-corrected chi connectivity index (χ1v) is 6.66. The van der Waals surface area contributed by atoms with Crippen LogP contribution in [-0.2, 0) is 4.79 Å². The third-order valence-electron chi connectivity index (χ3n) is 2.27. The van der Waals surface area contributed by atoms with E-state index in [0.29, 0.717) is 5.11 Å². The van der Waals surface area contributed by atoms with Crippen LogP contribution in [0.25, 0.3) is 6.08 Å². The van der Waals surface area contributed by atoms with Gasteiger partial charge in [-0.05, 0) is 56.8 Å². The van der Waals surface area contributed by atoms with E-state index in [-0.39, 0.29) is 11.4 Å². The maximum absolute atomic E-state index is 11.7. The molecule has 0 fully saturated rings. The minimum Gasteiger partial charge on any atom is -0.497 e. The third kappa shape index (κ3) is 6.33. The highest BCUT2D eigenvalue weighted by atomic mass is 32.1. The normalized spacial score (nSPS) is 11.2. The summed E-state index contributed by atoms with van der Waals surface area (Å²) in [7, 11) is 1.61. The Hall–Kier alpha value is -1.88. The first kappa shape index (κ1) is 16.2. The van der Waals surface area contributed by atoms with Gasteiger partial charge in [0.2, 0.25) is 5.91 Å². The molecule has 0 aromatic heterocycles. The smallest absolute Gasteiger partial charge is 0.250 e. The van der Waals surface area contributed by atoms with Gasteiger partial charge in [-0.15, -0.1) is 0 Å². The average Bonchev–Trinajstić information content (AvgIpc) is 2.34. The van der Waals surface area contributed by atoms with Crippen LogP contribution in [0.15, 0.2) is 30.3 Å². The van der Waals surface area contributed by atoms with E-state index in [1.54, 1.807) is 13.2 Å². The fraction of sp³-hybridized carbons (Fsp3) is 0.333. The second kappa shape index (κ2) is 7.05. The molecule has 0 saturated carbocycles. The van der Waals surface area contributed by atoms with Gasteiger partial charge < -0.3 is 10.1 Å². The average molecular weight is 292 g/mol. The number of nitrogens with one attached hydrogen (secondary N) is 2. The fourth-order valence-corrected chi connectivity index (χ4v) is 1.82. The van der Waals surface area contributed by atoms with Crippen LogP contribution in [0.3, 0.4) is 0 Å². The Labute approximate surface area is 125 Å². The van der Waals surface area contributed by atoms with Gasteiger partial charge in [-0.1, -0.05) is 12.1 Å². The Morgan fingerprint density at radius 3 is 2.35 bits per heavy atom. The van der Waals surface area contributed by atoms with Crippen LogP contribution in [-0.4, -0.2) is 23.7 Å². The Kier molecular flexibility index (Phi) is 5.70. The van der Waals surface area contributed by atoms with Crippen molar-refractivity contribution in [3.8, 4) is 5.75 Å². The zero-order chi connectivity index (χ0) is 15.2. The van der Waals surface area contributed by atoms with Crippen LogP contribution in [0, 0.1) is 0 Å². The first-order valence-electron chi connectivity index (χ1n) is 6.25. The lowest BCUT2D eigenvalue weighted by molar-refractivity contribution is -0.115. The van der Waals surface area contributed by atoms with Crippen LogP contribution >= 0.6 is 12.2 Å². The van der Waals surface area contributed by atoms with Crippen LogP contribution in [0.4, 0.5) is 0 Å².